The van der Waals surface area contributed by atoms with Gasteiger partial charge in [0.05, 0.1) is 35.9 Å². The SMILES string of the molecule is N#Cc1ccc(Cn2cnnc2CN(CCCCCCO)Cc2ccc3ccccc3n2)cc1. The van der Waals surface area contributed by atoms with Crippen molar-refractivity contribution in [2.24, 2.45) is 0 Å². The van der Waals surface area contributed by atoms with Gasteiger partial charge in [-0.15, -0.1) is 10.2 Å². The lowest BCUT2D eigenvalue weighted by Gasteiger charge is -2.22. The Labute approximate surface area is 200 Å². The highest BCUT2D eigenvalue weighted by atomic mass is 16.2. The second kappa shape index (κ2) is 12.0. The number of aliphatic hydroxyl groups is 1. The standard InChI is InChI=1S/C27H30N6O/c28-17-22-9-11-23(12-10-22)18-33-21-29-31-27(33)20-32(15-5-1-2-6-16-34)19-25-14-13-24-7-3-4-8-26(24)30-25/h3-4,7-14,21,34H,1-2,5-6,15-16,18-20H2. The van der Waals surface area contributed by atoms with Crippen LogP contribution in [0.1, 0.15) is 48.3 Å². The molecule has 0 fully saturated rings. The van der Waals surface area contributed by atoms with Gasteiger partial charge in [0, 0.05) is 18.5 Å². The highest BCUT2D eigenvalue weighted by molar-refractivity contribution is 5.78. The van der Waals surface area contributed by atoms with Gasteiger partial charge in [0.2, 0.25) is 0 Å². The Kier molecular flexibility index (Phi) is 8.33. The predicted molar refractivity (Wildman–Crippen MR) is 132 cm³/mol. The van der Waals surface area contributed by atoms with Crippen LogP contribution < -0.4 is 0 Å². The van der Waals surface area contributed by atoms with Crippen molar-refractivity contribution in [1.82, 2.24) is 24.6 Å². The minimum Gasteiger partial charge on any atom is -0.396 e. The van der Waals surface area contributed by atoms with Crippen LogP contribution in [-0.4, -0.2) is 42.9 Å². The monoisotopic (exact) mass is 454 g/mol. The minimum absolute atomic E-state index is 0.253. The van der Waals surface area contributed by atoms with Gasteiger partial charge in [-0.2, -0.15) is 5.26 Å². The first-order chi connectivity index (χ1) is 16.7. The third kappa shape index (κ3) is 6.47. The van der Waals surface area contributed by atoms with E-state index in [0.29, 0.717) is 18.7 Å². The van der Waals surface area contributed by atoms with Crippen LogP contribution in [0.4, 0.5) is 0 Å². The van der Waals surface area contributed by atoms with Gasteiger partial charge >= 0.3 is 0 Å². The summed E-state index contributed by atoms with van der Waals surface area (Å²) in [6.45, 7) is 3.23. The number of benzene rings is 2. The number of unbranched alkanes of at least 4 members (excludes halogenated alkanes) is 3. The molecule has 0 amide bonds. The molecule has 1 N–H and O–H groups in total. The highest BCUT2D eigenvalue weighted by Gasteiger charge is 2.13. The predicted octanol–water partition coefficient (Wildman–Crippen LogP) is 4.30. The highest BCUT2D eigenvalue weighted by Crippen LogP contribution is 2.16. The van der Waals surface area contributed by atoms with Crippen LogP contribution in [-0.2, 0) is 19.6 Å². The van der Waals surface area contributed by atoms with E-state index in [1.807, 2.05) is 42.5 Å². The maximum absolute atomic E-state index is 9.06. The van der Waals surface area contributed by atoms with Gasteiger partial charge < -0.3 is 9.67 Å². The zero-order chi connectivity index (χ0) is 23.6. The van der Waals surface area contributed by atoms with E-state index >= 15 is 0 Å². The fraction of sp³-hybridized carbons (Fsp3) is 0.333. The Balaban J connectivity index is 1.47. The fourth-order valence-corrected chi connectivity index (χ4v) is 4.05. The Morgan fingerprint density at radius 1 is 0.912 bits per heavy atom. The summed E-state index contributed by atoms with van der Waals surface area (Å²) in [5.74, 6) is 0.903. The summed E-state index contributed by atoms with van der Waals surface area (Å²) in [6.07, 6.45) is 5.79. The summed E-state index contributed by atoms with van der Waals surface area (Å²) < 4.78 is 2.06. The number of nitriles is 1. The van der Waals surface area contributed by atoms with E-state index in [-0.39, 0.29) is 6.61 Å². The van der Waals surface area contributed by atoms with E-state index < -0.39 is 0 Å². The van der Waals surface area contributed by atoms with Crippen molar-refractivity contribution in [3.05, 3.63) is 89.6 Å². The smallest absolute Gasteiger partial charge is 0.147 e. The van der Waals surface area contributed by atoms with Crippen LogP contribution in [0, 0.1) is 11.3 Å². The van der Waals surface area contributed by atoms with Crippen molar-refractivity contribution in [3.63, 3.8) is 0 Å². The van der Waals surface area contributed by atoms with E-state index in [1.54, 1.807) is 6.33 Å². The van der Waals surface area contributed by atoms with Crippen molar-refractivity contribution in [1.29, 1.82) is 5.26 Å². The van der Waals surface area contributed by atoms with E-state index in [0.717, 1.165) is 66.8 Å². The quantitative estimate of drug-likeness (QED) is 0.321. The average Bonchev–Trinajstić information content (AvgIpc) is 3.30. The molecule has 2 heterocycles. The fourth-order valence-electron chi connectivity index (χ4n) is 4.05. The molecule has 0 spiro atoms. The first kappa shape index (κ1) is 23.6. The van der Waals surface area contributed by atoms with Crippen molar-refractivity contribution in [3.8, 4) is 6.07 Å². The van der Waals surface area contributed by atoms with Gasteiger partial charge in [0.15, 0.2) is 0 Å². The van der Waals surface area contributed by atoms with Gasteiger partial charge in [-0.05, 0) is 49.2 Å². The molecule has 2 aromatic carbocycles. The Morgan fingerprint density at radius 3 is 2.56 bits per heavy atom. The third-order valence-corrected chi connectivity index (χ3v) is 5.92. The molecule has 4 rings (SSSR count). The number of para-hydroxylation sites is 1. The normalized spacial score (nSPS) is 11.2. The molecule has 0 bridgehead atoms. The summed E-state index contributed by atoms with van der Waals surface area (Å²) in [7, 11) is 0. The second-order valence-electron chi connectivity index (χ2n) is 8.53. The summed E-state index contributed by atoms with van der Waals surface area (Å²) in [4.78, 5) is 7.23. The third-order valence-electron chi connectivity index (χ3n) is 5.92. The second-order valence-corrected chi connectivity index (χ2v) is 8.53. The molecule has 174 valence electrons. The van der Waals surface area contributed by atoms with Crippen LogP contribution in [0.15, 0.2) is 67.0 Å². The molecule has 0 saturated heterocycles. The van der Waals surface area contributed by atoms with Gasteiger partial charge in [0.1, 0.15) is 12.2 Å². The largest absolute Gasteiger partial charge is 0.396 e. The summed E-state index contributed by atoms with van der Waals surface area (Å²) in [5.41, 5.74) is 3.80. The molecule has 0 radical (unpaired) electrons. The van der Waals surface area contributed by atoms with Crippen molar-refractivity contribution in [2.75, 3.05) is 13.2 Å². The van der Waals surface area contributed by atoms with Crippen LogP contribution in [0.3, 0.4) is 0 Å². The van der Waals surface area contributed by atoms with E-state index in [9.17, 15) is 0 Å². The maximum Gasteiger partial charge on any atom is 0.147 e. The number of nitrogens with zero attached hydrogens (tertiary/aromatic N) is 6. The molecule has 0 unspecified atom stereocenters. The first-order valence-corrected chi connectivity index (χ1v) is 11.8. The Bertz CT molecular complexity index is 1230. The number of hydrogen-bond donors (Lipinski definition) is 1. The van der Waals surface area contributed by atoms with Gasteiger partial charge in [-0.1, -0.05) is 49.2 Å². The first-order valence-electron chi connectivity index (χ1n) is 11.8. The van der Waals surface area contributed by atoms with Crippen LogP contribution in [0.5, 0.6) is 0 Å². The molecule has 34 heavy (non-hydrogen) atoms. The van der Waals surface area contributed by atoms with Crippen LogP contribution in [0.25, 0.3) is 10.9 Å². The van der Waals surface area contributed by atoms with E-state index in [4.69, 9.17) is 15.4 Å². The topological polar surface area (TPSA) is 90.9 Å². The number of fused-ring (bicyclic) bond motifs is 1. The number of aliphatic hydroxyl groups excluding tert-OH is 1. The molecule has 0 saturated carbocycles. The van der Waals surface area contributed by atoms with Gasteiger partial charge in [0.25, 0.3) is 0 Å². The van der Waals surface area contributed by atoms with Crippen molar-refractivity contribution < 1.29 is 5.11 Å². The number of aromatic nitrogens is 4. The van der Waals surface area contributed by atoms with Gasteiger partial charge in [-0.3, -0.25) is 9.88 Å². The van der Waals surface area contributed by atoms with Crippen molar-refractivity contribution in [2.45, 2.75) is 45.3 Å². The van der Waals surface area contributed by atoms with Crippen LogP contribution in [0.2, 0.25) is 0 Å². The zero-order valence-electron chi connectivity index (χ0n) is 19.3. The summed E-state index contributed by atoms with van der Waals surface area (Å²) in [6, 6.07) is 22.2. The number of rotatable bonds is 12. The lowest BCUT2D eigenvalue weighted by Crippen LogP contribution is -2.26. The zero-order valence-corrected chi connectivity index (χ0v) is 19.3. The summed E-state index contributed by atoms with van der Waals surface area (Å²) in [5, 5.41) is 27.8. The molecule has 0 aliphatic heterocycles. The molecular weight excluding hydrogens is 424 g/mol. The lowest BCUT2D eigenvalue weighted by molar-refractivity contribution is 0.235. The molecular formula is C27H30N6O. The molecule has 0 atom stereocenters. The average molecular weight is 455 g/mol. The molecule has 7 heteroatoms. The van der Waals surface area contributed by atoms with E-state index in [1.165, 1.54) is 0 Å². The number of pyridine rings is 1. The molecule has 0 aliphatic rings. The lowest BCUT2D eigenvalue weighted by atomic mass is 10.1. The molecule has 4 aromatic rings. The maximum atomic E-state index is 9.06. The Morgan fingerprint density at radius 2 is 1.74 bits per heavy atom. The summed E-state index contributed by atoms with van der Waals surface area (Å²) >= 11 is 0. The molecule has 2 aromatic heterocycles. The van der Waals surface area contributed by atoms with Crippen molar-refractivity contribution >= 4 is 10.9 Å². The molecule has 0 aliphatic carbocycles. The Hall–Kier alpha value is -3.60. The minimum atomic E-state index is 0.253. The van der Waals surface area contributed by atoms with E-state index in [2.05, 4.69) is 43.9 Å². The molecule has 7 nitrogen and oxygen atoms in total. The number of hydrogen-bond acceptors (Lipinski definition) is 6. The van der Waals surface area contributed by atoms with Crippen LogP contribution >= 0.6 is 0 Å². The van der Waals surface area contributed by atoms with Gasteiger partial charge in [-0.25, -0.2) is 0 Å².